The van der Waals surface area contributed by atoms with Gasteiger partial charge in [-0.05, 0) is 56.7 Å². The number of anilines is 1. The van der Waals surface area contributed by atoms with Crippen molar-refractivity contribution in [3.63, 3.8) is 0 Å². The topological polar surface area (TPSA) is 20.3 Å². The molecule has 0 heterocycles. The van der Waals surface area contributed by atoms with E-state index in [-0.39, 0.29) is 5.78 Å². The summed E-state index contributed by atoms with van der Waals surface area (Å²) in [5, 5.41) is 0.675. The maximum atomic E-state index is 11.3. The number of rotatable bonds is 3. The third-order valence-electron chi connectivity index (χ3n) is 4.27. The number of nitrogens with zero attached hydrogens (tertiary/aromatic N) is 1. The van der Waals surface area contributed by atoms with Gasteiger partial charge in [0.2, 0.25) is 0 Å². The maximum Gasteiger partial charge on any atom is 0.159 e. The smallest absolute Gasteiger partial charge is 0.159 e. The lowest BCUT2D eigenvalue weighted by Crippen LogP contribution is -2.35. The third-order valence-corrected chi connectivity index (χ3v) is 4.57. The molecular formula is C16H22ClNO. The summed E-state index contributed by atoms with van der Waals surface area (Å²) in [7, 11) is 2.11. The SMILES string of the molecule is CC(=O)c1ccc(N(C)C2CCC(C)CC2)c(Cl)c1. The fraction of sp³-hybridized carbons (Fsp3) is 0.562. The summed E-state index contributed by atoms with van der Waals surface area (Å²) in [6.45, 7) is 3.89. The van der Waals surface area contributed by atoms with Crippen molar-refractivity contribution in [2.45, 2.75) is 45.6 Å². The zero-order valence-electron chi connectivity index (χ0n) is 11.9. The highest BCUT2D eigenvalue weighted by atomic mass is 35.5. The van der Waals surface area contributed by atoms with Crippen LogP contribution in [0.15, 0.2) is 18.2 Å². The minimum absolute atomic E-state index is 0.0580. The molecule has 1 fully saturated rings. The van der Waals surface area contributed by atoms with Crippen molar-refractivity contribution in [3.05, 3.63) is 28.8 Å². The molecule has 0 aliphatic heterocycles. The molecule has 0 aromatic heterocycles. The van der Waals surface area contributed by atoms with Crippen molar-refractivity contribution < 1.29 is 4.79 Å². The van der Waals surface area contributed by atoms with Gasteiger partial charge in [0.15, 0.2) is 5.78 Å². The Bertz CT molecular complexity index is 464. The van der Waals surface area contributed by atoms with Crippen molar-refractivity contribution in [2.75, 3.05) is 11.9 Å². The van der Waals surface area contributed by atoms with E-state index in [4.69, 9.17) is 11.6 Å². The number of Topliss-reactive ketones (excluding diaryl/α,β-unsaturated/α-hetero) is 1. The molecule has 1 aromatic rings. The van der Waals surface area contributed by atoms with Crippen molar-refractivity contribution in [1.82, 2.24) is 0 Å². The van der Waals surface area contributed by atoms with E-state index in [1.165, 1.54) is 25.7 Å². The summed E-state index contributed by atoms with van der Waals surface area (Å²) < 4.78 is 0. The Hall–Kier alpha value is -1.02. The molecule has 0 N–H and O–H groups in total. The van der Waals surface area contributed by atoms with E-state index in [1.54, 1.807) is 13.0 Å². The molecule has 1 aromatic carbocycles. The minimum Gasteiger partial charge on any atom is -0.370 e. The highest BCUT2D eigenvalue weighted by molar-refractivity contribution is 6.33. The molecule has 3 heteroatoms. The Kier molecular flexibility index (Phi) is 4.51. The summed E-state index contributed by atoms with van der Waals surface area (Å²) in [6, 6.07) is 6.18. The van der Waals surface area contributed by atoms with Crippen molar-refractivity contribution in [3.8, 4) is 0 Å². The number of ketones is 1. The number of benzene rings is 1. The average Bonchev–Trinajstić information content (AvgIpc) is 2.38. The molecule has 0 radical (unpaired) electrons. The highest BCUT2D eigenvalue weighted by Crippen LogP contribution is 2.33. The van der Waals surface area contributed by atoms with E-state index in [1.807, 2.05) is 12.1 Å². The Morgan fingerprint density at radius 2 is 1.89 bits per heavy atom. The lowest BCUT2D eigenvalue weighted by atomic mass is 9.86. The van der Waals surface area contributed by atoms with Crippen molar-refractivity contribution >= 4 is 23.1 Å². The molecule has 1 saturated carbocycles. The number of carbonyl (C=O) groups is 1. The normalized spacial score (nSPS) is 23.2. The van der Waals surface area contributed by atoms with Crippen molar-refractivity contribution in [1.29, 1.82) is 0 Å². The Balaban J connectivity index is 2.15. The molecule has 104 valence electrons. The molecule has 0 saturated heterocycles. The highest BCUT2D eigenvalue weighted by Gasteiger charge is 2.23. The lowest BCUT2D eigenvalue weighted by Gasteiger charge is -2.35. The monoisotopic (exact) mass is 279 g/mol. The summed E-state index contributed by atoms with van der Waals surface area (Å²) >= 11 is 6.32. The minimum atomic E-state index is 0.0580. The van der Waals surface area contributed by atoms with Crippen LogP contribution in [0.1, 0.15) is 49.9 Å². The molecule has 2 rings (SSSR count). The number of hydrogen-bond acceptors (Lipinski definition) is 2. The first-order chi connectivity index (χ1) is 8.99. The lowest BCUT2D eigenvalue weighted by molar-refractivity contribution is 0.101. The number of hydrogen-bond donors (Lipinski definition) is 0. The molecule has 0 atom stereocenters. The van der Waals surface area contributed by atoms with Crippen LogP contribution in [0.4, 0.5) is 5.69 Å². The number of carbonyl (C=O) groups excluding carboxylic acids is 1. The van der Waals surface area contributed by atoms with E-state index in [9.17, 15) is 4.79 Å². The zero-order valence-corrected chi connectivity index (χ0v) is 12.7. The van der Waals surface area contributed by atoms with Gasteiger partial charge >= 0.3 is 0 Å². The number of halogens is 1. The van der Waals surface area contributed by atoms with Gasteiger partial charge in [0.25, 0.3) is 0 Å². The van der Waals surface area contributed by atoms with Gasteiger partial charge in [0, 0.05) is 18.7 Å². The fourth-order valence-electron chi connectivity index (χ4n) is 2.84. The molecule has 1 aliphatic rings. The van der Waals surface area contributed by atoms with Gasteiger partial charge in [-0.2, -0.15) is 0 Å². The maximum absolute atomic E-state index is 11.3. The van der Waals surface area contributed by atoms with Crippen LogP contribution < -0.4 is 4.90 Å². The summed E-state index contributed by atoms with van der Waals surface area (Å²) in [5.41, 5.74) is 1.71. The van der Waals surface area contributed by atoms with Crippen LogP contribution in [0, 0.1) is 5.92 Å². The predicted octanol–water partition coefficient (Wildman–Crippen LogP) is 4.56. The predicted molar refractivity (Wildman–Crippen MR) is 81.3 cm³/mol. The average molecular weight is 280 g/mol. The first kappa shape index (κ1) is 14.4. The van der Waals surface area contributed by atoms with Crippen molar-refractivity contribution in [2.24, 2.45) is 5.92 Å². The molecule has 0 bridgehead atoms. The second-order valence-corrected chi connectivity index (χ2v) is 6.15. The summed E-state index contributed by atoms with van der Waals surface area (Å²) in [6.07, 6.45) is 5.03. The standard InChI is InChI=1S/C16H22ClNO/c1-11-4-7-14(8-5-11)18(3)16-9-6-13(12(2)19)10-15(16)17/h6,9-11,14H,4-5,7-8H2,1-3H3. The van der Waals surface area contributed by atoms with Crippen LogP contribution in [0.5, 0.6) is 0 Å². The van der Waals surface area contributed by atoms with Crippen LogP contribution in [-0.4, -0.2) is 18.9 Å². The van der Waals surface area contributed by atoms with Gasteiger partial charge in [-0.3, -0.25) is 4.79 Å². The summed E-state index contributed by atoms with van der Waals surface area (Å²) in [4.78, 5) is 13.6. The Labute approximate surface area is 120 Å². The first-order valence-electron chi connectivity index (χ1n) is 7.02. The molecule has 0 spiro atoms. The van der Waals surface area contributed by atoms with Gasteiger partial charge < -0.3 is 4.90 Å². The van der Waals surface area contributed by atoms with E-state index in [0.29, 0.717) is 16.6 Å². The third kappa shape index (κ3) is 3.30. The van der Waals surface area contributed by atoms with Gasteiger partial charge in [0.1, 0.15) is 0 Å². The molecule has 0 unspecified atom stereocenters. The van der Waals surface area contributed by atoms with E-state index in [0.717, 1.165) is 11.6 Å². The first-order valence-corrected chi connectivity index (χ1v) is 7.40. The summed E-state index contributed by atoms with van der Waals surface area (Å²) in [5.74, 6) is 0.905. The van der Waals surface area contributed by atoms with Crippen LogP contribution >= 0.6 is 11.6 Å². The second-order valence-electron chi connectivity index (χ2n) is 5.75. The van der Waals surface area contributed by atoms with Gasteiger partial charge in [-0.1, -0.05) is 18.5 Å². The quantitative estimate of drug-likeness (QED) is 0.756. The molecule has 1 aliphatic carbocycles. The van der Waals surface area contributed by atoms with Crippen LogP contribution in [0.3, 0.4) is 0 Å². The van der Waals surface area contributed by atoms with E-state index < -0.39 is 0 Å². The Morgan fingerprint density at radius 1 is 1.26 bits per heavy atom. The van der Waals surface area contributed by atoms with Gasteiger partial charge in [0.05, 0.1) is 10.7 Å². The fourth-order valence-corrected chi connectivity index (χ4v) is 3.15. The Morgan fingerprint density at radius 3 is 2.42 bits per heavy atom. The molecule has 19 heavy (non-hydrogen) atoms. The van der Waals surface area contributed by atoms with Gasteiger partial charge in [-0.25, -0.2) is 0 Å². The second kappa shape index (κ2) is 5.96. The van der Waals surface area contributed by atoms with E-state index in [2.05, 4.69) is 18.9 Å². The molecule has 0 amide bonds. The van der Waals surface area contributed by atoms with Gasteiger partial charge in [-0.15, -0.1) is 0 Å². The van der Waals surface area contributed by atoms with Crippen LogP contribution in [0.25, 0.3) is 0 Å². The van der Waals surface area contributed by atoms with E-state index >= 15 is 0 Å². The van der Waals surface area contributed by atoms with Crippen LogP contribution in [0.2, 0.25) is 5.02 Å². The zero-order chi connectivity index (χ0) is 14.0. The largest absolute Gasteiger partial charge is 0.370 e. The molecular weight excluding hydrogens is 258 g/mol. The molecule has 2 nitrogen and oxygen atoms in total. The van der Waals surface area contributed by atoms with Crippen LogP contribution in [-0.2, 0) is 0 Å².